The molecule has 3 nitrogen and oxygen atoms in total. The van der Waals surface area contributed by atoms with Crippen LogP contribution in [-0.2, 0) is 19.7 Å². The SMILES string of the molecule is CO[Si](CCCCCc1cccs1)(OC)OC. The van der Waals surface area contributed by atoms with E-state index in [1.165, 1.54) is 24.1 Å². The maximum Gasteiger partial charge on any atom is 0.500 e. The van der Waals surface area contributed by atoms with Crippen molar-refractivity contribution in [3.63, 3.8) is 0 Å². The molecule has 0 aliphatic carbocycles. The molecule has 0 amide bonds. The van der Waals surface area contributed by atoms with Crippen LogP contribution in [-0.4, -0.2) is 30.1 Å². The van der Waals surface area contributed by atoms with Crippen molar-refractivity contribution in [3.05, 3.63) is 22.4 Å². The smallest absolute Gasteiger partial charge is 0.377 e. The molecule has 0 radical (unpaired) electrons. The maximum absolute atomic E-state index is 5.39. The molecule has 1 aromatic rings. The third kappa shape index (κ3) is 4.89. The second-order valence-corrected chi connectivity index (χ2v) is 8.06. The Kier molecular flexibility index (Phi) is 6.99. The van der Waals surface area contributed by atoms with Crippen molar-refractivity contribution in [2.24, 2.45) is 0 Å². The summed E-state index contributed by atoms with van der Waals surface area (Å²) in [4.78, 5) is 1.47. The topological polar surface area (TPSA) is 27.7 Å². The summed E-state index contributed by atoms with van der Waals surface area (Å²) < 4.78 is 16.2. The summed E-state index contributed by atoms with van der Waals surface area (Å²) in [6.07, 6.45) is 4.71. The lowest BCUT2D eigenvalue weighted by Gasteiger charge is -2.24. The fourth-order valence-corrected chi connectivity index (χ4v) is 4.38. The molecule has 0 unspecified atom stereocenters. The molecule has 0 aliphatic heterocycles. The number of thiophene rings is 1. The van der Waals surface area contributed by atoms with Gasteiger partial charge in [-0.3, -0.25) is 0 Å². The Bertz CT molecular complexity index is 278. The minimum Gasteiger partial charge on any atom is -0.377 e. The highest BCUT2D eigenvalue weighted by Crippen LogP contribution is 2.18. The zero-order chi connectivity index (χ0) is 12.6. The third-order valence-corrected chi connectivity index (χ3v) is 6.69. The molecule has 1 rings (SSSR count). The molecule has 1 aromatic heterocycles. The Balaban J connectivity index is 2.14. The first-order chi connectivity index (χ1) is 8.26. The van der Waals surface area contributed by atoms with Gasteiger partial charge in [0.2, 0.25) is 0 Å². The third-order valence-electron chi connectivity index (χ3n) is 2.92. The molecule has 98 valence electrons. The van der Waals surface area contributed by atoms with Crippen LogP contribution in [0.4, 0.5) is 0 Å². The van der Waals surface area contributed by atoms with E-state index in [1.54, 1.807) is 21.3 Å². The molecule has 0 N–H and O–H groups in total. The highest BCUT2D eigenvalue weighted by atomic mass is 32.1. The van der Waals surface area contributed by atoms with Gasteiger partial charge < -0.3 is 13.3 Å². The molecule has 5 heteroatoms. The number of hydrogen-bond donors (Lipinski definition) is 0. The van der Waals surface area contributed by atoms with Crippen molar-refractivity contribution < 1.29 is 13.3 Å². The second-order valence-electron chi connectivity index (χ2n) is 3.94. The quantitative estimate of drug-likeness (QED) is 0.510. The lowest BCUT2D eigenvalue weighted by molar-refractivity contribution is 0.122. The van der Waals surface area contributed by atoms with Gasteiger partial charge in [0, 0.05) is 32.3 Å². The average Bonchev–Trinajstić information content (AvgIpc) is 2.88. The molecule has 1 heterocycles. The molecular formula is C12H22O3SSi. The van der Waals surface area contributed by atoms with Gasteiger partial charge in [-0.2, -0.15) is 0 Å². The molecule has 0 atom stereocenters. The zero-order valence-corrected chi connectivity index (χ0v) is 12.7. The summed E-state index contributed by atoms with van der Waals surface area (Å²) in [6.45, 7) is 0. The normalized spacial score (nSPS) is 11.9. The minimum atomic E-state index is -2.33. The van der Waals surface area contributed by atoms with Crippen molar-refractivity contribution in [3.8, 4) is 0 Å². The fraction of sp³-hybridized carbons (Fsp3) is 0.667. The van der Waals surface area contributed by atoms with Gasteiger partial charge in [0.25, 0.3) is 0 Å². The molecule has 0 aromatic carbocycles. The van der Waals surface area contributed by atoms with Gasteiger partial charge in [0.1, 0.15) is 0 Å². The summed E-state index contributed by atoms with van der Waals surface area (Å²) in [5.74, 6) is 0. The lowest BCUT2D eigenvalue weighted by Crippen LogP contribution is -2.42. The number of rotatable bonds is 9. The summed E-state index contributed by atoms with van der Waals surface area (Å²) in [5, 5.41) is 2.13. The van der Waals surface area contributed by atoms with E-state index >= 15 is 0 Å². The summed E-state index contributed by atoms with van der Waals surface area (Å²) >= 11 is 1.83. The Morgan fingerprint density at radius 3 is 2.29 bits per heavy atom. The van der Waals surface area contributed by atoms with E-state index in [-0.39, 0.29) is 0 Å². The second kappa shape index (κ2) is 8.00. The van der Waals surface area contributed by atoms with Gasteiger partial charge in [0.05, 0.1) is 0 Å². The van der Waals surface area contributed by atoms with Crippen LogP contribution in [0, 0.1) is 0 Å². The fourth-order valence-electron chi connectivity index (χ4n) is 1.83. The lowest BCUT2D eigenvalue weighted by atomic mass is 10.2. The van der Waals surface area contributed by atoms with Gasteiger partial charge >= 0.3 is 8.80 Å². The average molecular weight is 274 g/mol. The van der Waals surface area contributed by atoms with Crippen LogP contribution in [0.2, 0.25) is 6.04 Å². The molecular weight excluding hydrogens is 252 g/mol. The van der Waals surface area contributed by atoms with E-state index in [9.17, 15) is 0 Å². The van der Waals surface area contributed by atoms with Crippen molar-refractivity contribution in [2.45, 2.75) is 31.7 Å². The number of hydrogen-bond acceptors (Lipinski definition) is 4. The van der Waals surface area contributed by atoms with Crippen molar-refractivity contribution >= 4 is 20.1 Å². The number of aryl methyl sites for hydroxylation is 1. The first-order valence-corrected chi connectivity index (χ1v) is 8.75. The van der Waals surface area contributed by atoms with Crippen molar-refractivity contribution in [1.82, 2.24) is 0 Å². The molecule has 0 fully saturated rings. The van der Waals surface area contributed by atoms with Gasteiger partial charge in [-0.15, -0.1) is 11.3 Å². The van der Waals surface area contributed by atoms with E-state index in [0.29, 0.717) is 0 Å². The van der Waals surface area contributed by atoms with Crippen molar-refractivity contribution in [2.75, 3.05) is 21.3 Å². The highest BCUT2D eigenvalue weighted by molar-refractivity contribution is 7.09. The largest absolute Gasteiger partial charge is 0.500 e. The first-order valence-electron chi connectivity index (χ1n) is 5.94. The summed E-state index contributed by atoms with van der Waals surface area (Å²) in [7, 11) is 2.68. The summed E-state index contributed by atoms with van der Waals surface area (Å²) in [6, 6.07) is 5.21. The Hall–Kier alpha value is -0.203. The van der Waals surface area contributed by atoms with Gasteiger partial charge in [-0.1, -0.05) is 12.5 Å². The molecule has 17 heavy (non-hydrogen) atoms. The van der Waals surface area contributed by atoms with E-state index in [0.717, 1.165) is 12.5 Å². The van der Waals surface area contributed by atoms with E-state index in [2.05, 4.69) is 17.5 Å². The molecule has 0 saturated carbocycles. The zero-order valence-electron chi connectivity index (χ0n) is 10.9. The van der Waals surface area contributed by atoms with Crippen LogP contribution < -0.4 is 0 Å². The number of unbranched alkanes of at least 4 members (excludes halogenated alkanes) is 2. The highest BCUT2D eigenvalue weighted by Gasteiger charge is 2.36. The first kappa shape index (κ1) is 14.9. The van der Waals surface area contributed by atoms with Gasteiger partial charge in [0.15, 0.2) is 0 Å². The standard InChI is InChI=1S/C12H22O3SSi/c1-13-17(14-2,15-3)11-6-4-5-8-12-9-7-10-16-12/h7,9-10H,4-6,8,11H2,1-3H3. The Morgan fingerprint density at radius 2 is 1.76 bits per heavy atom. The molecule has 0 spiro atoms. The Morgan fingerprint density at radius 1 is 1.06 bits per heavy atom. The predicted octanol–water partition coefficient (Wildman–Crippen LogP) is 3.34. The molecule has 0 saturated heterocycles. The maximum atomic E-state index is 5.39. The summed E-state index contributed by atoms with van der Waals surface area (Å²) in [5.41, 5.74) is 0. The van der Waals surface area contributed by atoms with Crippen LogP contribution in [0.1, 0.15) is 24.1 Å². The molecule has 0 bridgehead atoms. The van der Waals surface area contributed by atoms with Gasteiger partial charge in [-0.05, 0) is 30.7 Å². The van der Waals surface area contributed by atoms with Crippen LogP contribution in [0.5, 0.6) is 0 Å². The van der Waals surface area contributed by atoms with E-state index < -0.39 is 8.80 Å². The molecule has 0 aliphatic rings. The Labute approximate surface area is 109 Å². The van der Waals surface area contributed by atoms with E-state index in [1.807, 2.05) is 11.3 Å². The van der Waals surface area contributed by atoms with Crippen LogP contribution in [0.15, 0.2) is 17.5 Å². The van der Waals surface area contributed by atoms with E-state index in [4.69, 9.17) is 13.3 Å². The van der Waals surface area contributed by atoms with Gasteiger partial charge in [-0.25, -0.2) is 0 Å². The van der Waals surface area contributed by atoms with Crippen molar-refractivity contribution in [1.29, 1.82) is 0 Å². The monoisotopic (exact) mass is 274 g/mol. The predicted molar refractivity (Wildman–Crippen MR) is 73.5 cm³/mol. The minimum absolute atomic E-state index is 0.904. The van der Waals surface area contributed by atoms with Crippen LogP contribution in [0.25, 0.3) is 0 Å². The van der Waals surface area contributed by atoms with Crippen LogP contribution in [0.3, 0.4) is 0 Å². The van der Waals surface area contributed by atoms with Crippen LogP contribution >= 0.6 is 11.3 Å².